The highest BCUT2D eigenvalue weighted by Gasteiger charge is 1.90. The van der Waals surface area contributed by atoms with Crippen molar-refractivity contribution in [2.24, 2.45) is 4.99 Å². The fourth-order valence-electron chi connectivity index (χ4n) is 1.39. The van der Waals surface area contributed by atoms with E-state index >= 15 is 0 Å². The summed E-state index contributed by atoms with van der Waals surface area (Å²) in [5.41, 5.74) is 2.08. The first-order valence-electron chi connectivity index (χ1n) is 5.14. The Morgan fingerprint density at radius 1 is 0.938 bits per heavy atom. The van der Waals surface area contributed by atoms with E-state index in [9.17, 15) is 4.39 Å². The predicted octanol–water partition coefficient (Wildman–Crippen LogP) is 3.44. The number of rotatable bonds is 3. The molecule has 0 amide bonds. The highest BCUT2D eigenvalue weighted by molar-refractivity contribution is 5.79. The molecule has 0 unspecified atom stereocenters. The Morgan fingerprint density at radius 2 is 1.62 bits per heavy atom. The van der Waals surface area contributed by atoms with Crippen LogP contribution in [-0.2, 0) is 6.54 Å². The van der Waals surface area contributed by atoms with Gasteiger partial charge in [-0.3, -0.25) is 4.99 Å². The molecule has 16 heavy (non-hydrogen) atoms. The summed E-state index contributed by atoms with van der Waals surface area (Å²) >= 11 is 0. The molecule has 2 rings (SSSR count). The summed E-state index contributed by atoms with van der Waals surface area (Å²) in [6.45, 7) is 0.651. The summed E-state index contributed by atoms with van der Waals surface area (Å²) in [5.74, 6) is -0.222. The first-order chi connectivity index (χ1) is 7.84. The van der Waals surface area contributed by atoms with Crippen LogP contribution in [0.4, 0.5) is 4.39 Å². The van der Waals surface area contributed by atoms with E-state index in [0.29, 0.717) is 6.54 Å². The summed E-state index contributed by atoms with van der Waals surface area (Å²) < 4.78 is 12.6. The minimum Gasteiger partial charge on any atom is -0.288 e. The van der Waals surface area contributed by atoms with Crippen LogP contribution in [0, 0.1) is 5.82 Å². The van der Waals surface area contributed by atoms with Crippen LogP contribution >= 0.6 is 0 Å². The molecule has 2 aromatic rings. The summed E-state index contributed by atoms with van der Waals surface area (Å²) in [6.07, 6.45) is 1.76. The molecule has 0 atom stereocenters. The number of nitrogens with zero attached hydrogens (tertiary/aromatic N) is 1. The van der Waals surface area contributed by atoms with Gasteiger partial charge in [0.2, 0.25) is 0 Å². The van der Waals surface area contributed by atoms with E-state index in [1.807, 2.05) is 30.3 Å². The molecule has 0 aromatic heterocycles. The van der Waals surface area contributed by atoms with Gasteiger partial charge in [-0.25, -0.2) is 4.39 Å². The average molecular weight is 213 g/mol. The van der Waals surface area contributed by atoms with Gasteiger partial charge in [-0.15, -0.1) is 0 Å². The normalized spacial score (nSPS) is 10.8. The molecule has 0 heterocycles. The van der Waals surface area contributed by atoms with Crippen molar-refractivity contribution in [1.29, 1.82) is 0 Å². The highest BCUT2D eigenvalue weighted by atomic mass is 19.1. The van der Waals surface area contributed by atoms with Gasteiger partial charge in [-0.1, -0.05) is 42.5 Å². The van der Waals surface area contributed by atoms with Crippen LogP contribution < -0.4 is 0 Å². The van der Waals surface area contributed by atoms with Crippen molar-refractivity contribution in [2.75, 3.05) is 0 Å². The fraction of sp³-hybridized carbons (Fsp3) is 0.0714. The van der Waals surface area contributed by atoms with Crippen molar-refractivity contribution in [3.63, 3.8) is 0 Å². The molecule has 80 valence electrons. The Morgan fingerprint density at radius 3 is 2.31 bits per heavy atom. The zero-order chi connectivity index (χ0) is 11.2. The van der Waals surface area contributed by atoms with Crippen molar-refractivity contribution in [3.8, 4) is 0 Å². The summed E-state index contributed by atoms with van der Waals surface area (Å²) in [7, 11) is 0. The third-order valence-corrected chi connectivity index (χ3v) is 2.23. The van der Waals surface area contributed by atoms with Crippen molar-refractivity contribution in [3.05, 3.63) is 71.5 Å². The average Bonchev–Trinajstić information content (AvgIpc) is 2.33. The maximum atomic E-state index is 12.6. The maximum absolute atomic E-state index is 12.6. The van der Waals surface area contributed by atoms with Crippen molar-refractivity contribution >= 4 is 6.21 Å². The SMILES string of the molecule is Fc1ccc(C=NCc2ccccc2)cc1. The van der Waals surface area contributed by atoms with E-state index in [-0.39, 0.29) is 5.82 Å². The standard InChI is InChI=1S/C14H12FN/c15-14-8-6-13(7-9-14)11-16-10-12-4-2-1-3-5-12/h1-9,11H,10H2. The Bertz CT molecular complexity index is 460. The second kappa shape index (κ2) is 5.21. The van der Waals surface area contributed by atoms with Gasteiger partial charge < -0.3 is 0 Å². The van der Waals surface area contributed by atoms with Gasteiger partial charge >= 0.3 is 0 Å². The van der Waals surface area contributed by atoms with E-state index in [0.717, 1.165) is 5.56 Å². The molecular formula is C14H12FN. The summed E-state index contributed by atoms with van der Waals surface area (Å²) in [6, 6.07) is 16.3. The zero-order valence-electron chi connectivity index (χ0n) is 8.81. The zero-order valence-corrected chi connectivity index (χ0v) is 8.81. The first-order valence-corrected chi connectivity index (χ1v) is 5.14. The van der Waals surface area contributed by atoms with Gasteiger partial charge in [0.1, 0.15) is 5.82 Å². The molecule has 0 bridgehead atoms. The van der Waals surface area contributed by atoms with Crippen LogP contribution in [0.1, 0.15) is 11.1 Å². The fourth-order valence-corrected chi connectivity index (χ4v) is 1.39. The molecule has 0 N–H and O–H groups in total. The van der Waals surface area contributed by atoms with Crippen LogP contribution in [0.2, 0.25) is 0 Å². The summed E-state index contributed by atoms with van der Waals surface area (Å²) in [4.78, 5) is 4.29. The lowest BCUT2D eigenvalue weighted by molar-refractivity contribution is 0.628. The van der Waals surface area contributed by atoms with Crippen LogP contribution in [-0.4, -0.2) is 6.21 Å². The van der Waals surface area contributed by atoms with Gasteiger partial charge in [0.05, 0.1) is 6.54 Å². The van der Waals surface area contributed by atoms with E-state index in [2.05, 4.69) is 4.99 Å². The molecule has 2 aromatic carbocycles. The number of halogens is 1. The van der Waals surface area contributed by atoms with Gasteiger partial charge in [-0.05, 0) is 23.3 Å². The second-order valence-corrected chi connectivity index (χ2v) is 3.51. The van der Waals surface area contributed by atoms with Gasteiger partial charge in [0, 0.05) is 6.21 Å². The number of benzene rings is 2. The molecule has 0 radical (unpaired) electrons. The molecule has 0 saturated heterocycles. The molecule has 1 nitrogen and oxygen atoms in total. The quantitative estimate of drug-likeness (QED) is 0.692. The smallest absolute Gasteiger partial charge is 0.123 e. The predicted molar refractivity (Wildman–Crippen MR) is 64.1 cm³/mol. The third kappa shape index (κ3) is 3.02. The monoisotopic (exact) mass is 213 g/mol. The lowest BCUT2D eigenvalue weighted by Gasteiger charge is -1.95. The number of hydrogen-bond donors (Lipinski definition) is 0. The van der Waals surface area contributed by atoms with Crippen LogP contribution in [0.5, 0.6) is 0 Å². The Balaban J connectivity index is 1.98. The van der Waals surface area contributed by atoms with E-state index in [1.54, 1.807) is 18.3 Å². The molecule has 0 saturated carbocycles. The van der Waals surface area contributed by atoms with E-state index < -0.39 is 0 Å². The second-order valence-electron chi connectivity index (χ2n) is 3.51. The summed E-state index contributed by atoms with van der Waals surface area (Å²) in [5, 5.41) is 0. The van der Waals surface area contributed by atoms with Gasteiger partial charge in [-0.2, -0.15) is 0 Å². The Kier molecular flexibility index (Phi) is 3.44. The first kappa shape index (κ1) is 10.6. The van der Waals surface area contributed by atoms with Gasteiger partial charge in [0.25, 0.3) is 0 Å². The van der Waals surface area contributed by atoms with Crippen LogP contribution in [0.15, 0.2) is 59.6 Å². The molecular weight excluding hydrogens is 201 g/mol. The van der Waals surface area contributed by atoms with E-state index in [4.69, 9.17) is 0 Å². The molecule has 0 aliphatic rings. The molecule has 2 heteroatoms. The number of aliphatic imine (C=N–C) groups is 1. The lowest BCUT2D eigenvalue weighted by atomic mass is 10.2. The third-order valence-electron chi connectivity index (χ3n) is 2.23. The van der Waals surface area contributed by atoms with Crippen LogP contribution in [0.25, 0.3) is 0 Å². The highest BCUT2D eigenvalue weighted by Crippen LogP contribution is 2.02. The molecule has 0 aliphatic carbocycles. The van der Waals surface area contributed by atoms with E-state index in [1.165, 1.54) is 17.7 Å². The van der Waals surface area contributed by atoms with Crippen LogP contribution in [0.3, 0.4) is 0 Å². The molecule has 0 spiro atoms. The number of hydrogen-bond acceptors (Lipinski definition) is 1. The van der Waals surface area contributed by atoms with Crippen molar-refractivity contribution in [1.82, 2.24) is 0 Å². The van der Waals surface area contributed by atoms with Crippen molar-refractivity contribution < 1.29 is 4.39 Å². The van der Waals surface area contributed by atoms with Crippen molar-refractivity contribution in [2.45, 2.75) is 6.54 Å². The topological polar surface area (TPSA) is 12.4 Å². The molecule has 0 aliphatic heterocycles. The Hall–Kier alpha value is -1.96. The molecule has 0 fully saturated rings. The Labute approximate surface area is 94.3 Å². The largest absolute Gasteiger partial charge is 0.288 e. The van der Waals surface area contributed by atoms with Gasteiger partial charge in [0.15, 0.2) is 0 Å². The minimum absolute atomic E-state index is 0.222. The minimum atomic E-state index is -0.222. The maximum Gasteiger partial charge on any atom is 0.123 e. The lowest BCUT2D eigenvalue weighted by Crippen LogP contribution is -1.84.